The van der Waals surface area contributed by atoms with Gasteiger partial charge in [-0.1, -0.05) is 30.3 Å². The van der Waals surface area contributed by atoms with Crippen molar-refractivity contribution in [3.05, 3.63) is 65.0 Å². The lowest BCUT2D eigenvalue weighted by molar-refractivity contribution is -0.142. The van der Waals surface area contributed by atoms with E-state index >= 15 is 0 Å². The van der Waals surface area contributed by atoms with Crippen molar-refractivity contribution in [1.82, 2.24) is 10.2 Å². The summed E-state index contributed by atoms with van der Waals surface area (Å²) >= 11 is 0. The second-order valence-electron chi connectivity index (χ2n) is 8.59. The first-order valence-electron chi connectivity index (χ1n) is 10.0. The molecule has 0 aliphatic heterocycles. The summed E-state index contributed by atoms with van der Waals surface area (Å²) in [5, 5.41) is 2.88. The number of carbonyl (C=O) groups is 2. The van der Waals surface area contributed by atoms with Gasteiger partial charge in [-0.15, -0.1) is 0 Å². The molecule has 2 aromatic carbocycles. The van der Waals surface area contributed by atoms with Crippen LogP contribution in [0.25, 0.3) is 0 Å². The molecule has 0 heterocycles. The first-order valence-corrected chi connectivity index (χ1v) is 10.0. The Hall–Kier alpha value is -2.89. The number of ether oxygens (including phenoxy) is 1. The second kappa shape index (κ2) is 9.74. The molecule has 0 aliphatic rings. The van der Waals surface area contributed by atoms with Crippen LogP contribution in [0.3, 0.4) is 0 Å². The van der Waals surface area contributed by atoms with Gasteiger partial charge in [0.2, 0.25) is 5.91 Å². The highest BCUT2D eigenvalue weighted by Gasteiger charge is 2.29. The molecule has 2 amide bonds. The summed E-state index contributed by atoms with van der Waals surface area (Å²) in [5.41, 5.74) is 1.82. The van der Waals surface area contributed by atoms with Crippen LogP contribution >= 0.6 is 0 Å². The van der Waals surface area contributed by atoms with Crippen molar-refractivity contribution in [2.24, 2.45) is 0 Å². The van der Waals surface area contributed by atoms with E-state index in [-0.39, 0.29) is 19.1 Å². The predicted octanol–water partition coefficient (Wildman–Crippen LogP) is 4.15. The second-order valence-corrected chi connectivity index (χ2v) is 8.59. The van der Waals surface area contributed by atoms with Crippen LogP contribution in [0.5, 0.6) is 5.75 Å². The maximum Gasteiger partial charge on any atom is 0.261 e. The quantitative estimate of drug-likeness (QED) is 0.740. The molecule has 2 rings (SSSR count). The highest BCUT2D eigenvalue weighted by atomic mass is 19.1. The number of rotatable bonds is 7. The summed E-state index contributed by atoms with van der Waals surface area (Å²) in [4.78, 5) is 27.1. The van der Waals surface area contributed by atoms with Gasteiger partial charge < -0.3 is 15.0 Å². The van der Waals surface area contributed by atoms with Crippen molar-refractivity contribution in [1.29, 1.82) is 0 Å². The number of amides is 2. The summed E-state index contributed by atoms with van der Waals surface area (Å²) in [7, 11) is 0. The van der Waals surface area contributed by atoms with Crippen molar-refractivity contribution in [3.63, 3.8) is 0 Å². The lowest BCUT2D eigenvalue weighted by Gasteiger charge is -2.31. The van der Waals surface area contributed by atoms with Gasteiger partial charge in [0, 0.05) is 17.6 Å². The Morgan fingerprint density at radius 2 is 1.80 bits per heavy atom. The fourth-order valence-corrected chi connectivity index (χ4v) is 2.95. The number of carbonyl (C=O) groups excluding carboxylic acids is 2. The lowest BCUT2D eigenvalue weighted by atomic mass is 10.1. The van der Waals surface area contributed by atoms with Gasteiger partial charge in [-0.3, -0.25) is 9.59 Å². The molecule has 0 aliphatic carbocycles. The lowest BCUT2D eigenvalue weighted by Crippen LogP contribution is -2.53. The van der Waals surface area contributed by atoms with E-state index in [0.717, 1.165) is 11.1 Å². The van der Waals surface area contributed by atoms with E-state index in [1.165, 1.54) is 11.0 Å². The SMILES string of the molecule is Cc1ccc(C)c(OCC(=O)N(Cc2ccccc2F)C(C)C(=O)NC(C)(C)C)c1. The van der Waals surface area contributed by atoms with Gasteiger partial charge in [0.05, 0.1) is 0 Å². The van der Waals surface area contributed by atoms with Crippen LogP contribution in [0.2, 0.25) is 0 Å². The minimum Gasteiger partial charge on any atom is -0.483 e. The molecule has 0 saturated heterocycles. The maximum atomic E-state index is 14.2. The highest BCUT2D eigenvalue weighted by molar-refractivity contribution is 5.88. The van der Waals surface area contributed by atoms with Gasteiger partial charge in [0.15, 0.2) is 6.61 Å². The summed E-state index contributed by atoms with van der Waals surface area (Å²) < 4.78 is 20.0. The van der Waals surface area contributed by atoms with E-state index < -0.39 is 23.3 Å². The molecule has 1 N–H and O–H groups in total. The Bertz CT molecular complexity index is 906. The van der Waals surface area contributed by atoms with Crippen LogP contribution in [-0.2, 0) is 16.1 Å². The molecule has 0 aromatic heterocycles. The van der Waals surface area contributed by atoms with Crippen LogP contribution < -0.4 is 10.1 Å². The Labute approximate surface area is 178 Å². The average molecular weight is 415 g/mol. The minimum atomic E-state index is -0.793. The highest BCUT2D eigenvalue weighted by Crippen LogP contribution is 2.20. The van der Waals surface area contributed by atoms with E-state index in [1.807, 2.05) is 52.8 Å². The first kappa shape index (κ1) is 23.4. The fraction of sp³-hybridized carbons (Fsp3) is 0.417. The van der Waals surface area contributed by atoms with Gasteiger partial charge in [-0.2, -0.15) is 0 Å². The van der Waals surface area contributed by atoms with E-state index in [1.54, 1.807) is 25.1 Å². The fourth-order valence-electron chi connectivity index (χ4n) is 2.95. The molecule has 30 heavy (non-hydrogen) atoms. The van der Waals surface area contributed by atoms with Crippen molar-refractivity contribution >= 4 is 11.8 Å². The Balaban J connectivity index is 2.22. The Morgan fingerprint density at radius 3 is 2.43 bits per heavy atom. The first-order chi connectivity index (χ1) is 14.0. The molecular weight excluding hydrogens is 383 g/mol. The summed E-state index contributed by atoms with van der Waals surface area (Å²) in [5.74, 6) is -0.509. The number of nitrogens with zero attached hydrogens (tertiary/aromatic N) is 1. The number of halogens is 1. The average Bonchev–Trinajstić information content (AvgIpc) is 2.66. The number of hydrogen-bond donors (Lipinski definition) is 1. The summed E-state index contributed by atoms with van der Waals surface area (Å²) in [6, 6.07) is 11.2. The molecule has 0 fully saturated rings. The zero-order valence-electron chi connectivity index (χ0n) is 18.6. The molecule has 162 valence electrons. The van der Waals surface area contributed by atoms with Crippen molar-refractivity contribution in [2.75, 3.05) is 6.61 Å². The van der Waals surface area contributed by atoms with E-state index in [2.05, 4.69) is 5.32 Å². The zero-order chi connectivity index (χ0) is 22.5. The maximum absolute atomic E-state index is 14.2. The number of nitrogens with one attached hydrogen (secondary N) is 1. The molecule has 0 spiro atoms. The standard InChI is InChI=1S/C24H31FN2O3/c1-16-11-12-17(2)21(13-16)30-15-22(28)27(14-19-9-7-8-10-20(19)25)18(3)23(29)26-24(4,5)6/h7-13,18H,14-15H2,1-6H3,(H,26,29). The van der Waals surface area contributed by atoms with Crippen molar-refractivity contribution in [3.8, 4) is 5.75 Å². The smallest absolute Gasteiger partial charge is 0.261 e. The van der Waals surface area contributed by atoms with Crippen LogP contribution in [0, 0.1) is 19.7 Å². The molecule has 1 atom stereocenters. The molecule has 2 aromatic rings. The van der Waals surface area contributed by atoms with Crippen molar-refractivity contribution < 1.29 is 18.7 Å². The molecule has 0 radical (unpaired) electrons. The van der Waals surface area contributed by atoms with E-state index in [4.69, 9.17) is 4.74 Å². The minimum absolute atomic E-state index is 0.0274. The summed E-state index contributed by atoms with van der Waals surface area (Å²) in [6.45, 7) is 10.8. The van der Waals surface area contributed by atoms with Gasteiger partial charge in [0.25, 0.3) is 5.91 Å². The Morgan fingerprint density at radius 1 is 1.13 bits per heavy atom. The molecule has 5 nitrogen and oxygen atoms in total. The number of hydrogen-bond acceptors (Lipinski definition) is 3. The van der Waals surface area contributed by atoms with E-state index in [0.29, 0.717) is 11.3 Å². The third-order valence-electron chi connectivity index (χ3n) is 4.66. The topological polar surface area (TPSA) is 58.6 Å². The van der Waals surface area contributed by atoms with Crippen LogP contribution in [0.4, 0.5) is 4.39 Å². The summed E-state index contributed by atoms with van der Waals surface area (Å²) in [6.07, 6.45) is 0. The largest absolute Gasteiger partial charge is 0.483 e. The van der Waals surface area contributed by atoms with Gasteiger partial charge in [0.1, 0.15) is 17.6 Å². The van der Waals surface area contributed by atoms with Crippen LogP contribution in [0.1, 0.15) is 44.4 Å². The zero-order valence-corrected chi connectivity index (χ0v) is 18.6. The third-order valence-corrected chi connectivity index (χ3v) is 4.66. The number of benzene rings is 2. The van der Waals surface area contributed by atoms with Crippen LogP contribution in [0.15, 0.2) is 42.5 Å². The third kappa shape index (κ3) is 6.58. The van der Waals surface area contributed by atoms with Gasteiger partial charge in [-0.25, -0.2) is 4.39 Å². The molecule has 1 unspecified atom stereocenters. The molecular formula is C24H31FN2O3. The molecule has 6 heteroatoms. The predicted molar refractivity (Wildman–Crippen MR) is 116 cm³/mol. The van der Waals surface area contributed by atoms with Crippen molar-refractivity contribution in [2.45, 2.75) is 59.7 Å². The van der Waals surface area contributed by atoms with Gasteiger partial charge in [-0.05, 0) is 64.8 Å². The van der Waals surface area contributed by atoms with E-state index in [9.17, 15) is 14.0 Å². The molecule has 0 bridgehead atoms. The Kier molecular flexibility index (Phi) is 7.59. The number of aryl methyl sites for hydroxylation is 2. The normalized spacial score (nSPS) is 12.2. The monoisotopic (exact) mass is 414 g/mol. The van der Waals surface area contributed by atoms with Gasteiger partial charge >= 0.3 is 0 Å². The molecule has 0 saturated carbocycles. The van der Waals surface area contributed by atoms with Crippen LogP contribution in [-0.4, -0.2) is 34.9 Å².